The number of ether oxygens (including phenoxy) is 1. The van der Waals surface area contributed by atoms with Crippen LogP contribution in [0.3, 0.4) is 0 Å². The van der Waals surface area contributed by atoms with E-state index in [1.165, 1.54) is 0 Å². The molecule has 0 aromatic heterocycles. The molecule has 0 bridgehead atoms. The zero-order valence-electron chi connectivity index (χ0n) is 11.9. The molecule has 0 unspecified atom stereocenters. The number of nitrogens with zero attached hydrogens (tertiary/aromatic N) is 1. The molecule has 1 atom stereocenters. The SMILES string of the molecule is C=CCOC(=N[C@H](CO)c1ccccc1)c1ccccc1. The van der Waals surface area contributed by atoms with Crippen molar-refractivity contribution in [2.24, 2.45) is 4.99 Å². The Morgan fingerprint density at radius 3 is 2.29 bits per heavy atom. The van der Waals surface area contributed by atoms with Crippen LogP contribution in [-0.4, -0.2) is 24.2 Å². The zero-order valence-corrected chi connectivity index (χ0v) is 11.9. The van der Waals surface area contributed by atoms with Crippen LogP contribution in [-0.2, 0) is 4.74 Å². The lowest BCUT2D eigenvalue weighted by atomic mass is 10.1. The Bertz CT molecular complexity index is 579. The first-order valence-electron chi connectivity index (χ1n) is 6.88. The summed E-state index contributed by atoms with van der Waals surface area (Å²) in [4.78, 5) is 4.57. The maximum atomic E-state index is 9.62. The molecule has 0 fully saturated rings. The molecule has 21 heavy (non-hydrogen) atoms. The molecule has 0 heterocycles. The standard InChI is InChI=1S/C18H19NO2/c1-2-13-21-18(16-11-7-4-8-12-16)19-17(14-20)15-9-5-3-6-10-15/h2-12,17,20H,1,13-14H2/t17-/m1/s1. The third kappa shape index (κ3) is 4.29. The van der Waals surface area contributed by atoms with E-state index in [9.17, 15) is 5.11 Å². The van der Waals surface area contributed by atoms with E-state index < -0.39 is 0 Å². The normalized spacial score (nSPS) is 12.7. The molecule has 2 rings (SSSR count). The number of aliphatic imine (C=N–C) groups is 1. The molecule has 0 spiro atoms. The highest BCUT2D eigenvalue weighted by Gasteiger charge is 2.12. The summed E-state index contributed by atoms with van der Waals surface area (Å²) in [5.74, 6) is 0.512. The van der Waals surface area contributed by atoms with Gasteiger partial charge in [-0.05, 0) is 17.7 Å². The van der Waals surface area contributed by atoms with Crippen molar-refractivity contribution in [1.82, 2.24) is 0 Å². The summed E-state index contributed by atoms with van der Waals surface area (Å²) in [7, 11) is 0. The highest BCUT2D eigenvalue weighted by atomic mass is 16.5. The number of hydrogen-bond donors (Lipinski definition) is 1. The molecule has 0 aliphatic carbocycles. The van der Waals surface area contributed by atoms with Gasteiger partial charge < -0.3 is 9.84 Å². The van der Waals surface area contributed by atoms with E-state index in [-0.39, 0.29) is 12.6 Å². The van der Waals surface area contributed by atoms with E-state index in [1.807, 2.05) is 60.7 Å². The van der Waals surface area contributed by atoms with Gasteiger partial charge in [0.05, 0.1) is 6.61 Å². The second-order valence-corrected chi connectivity index (χ2v) is 4.51. The van der Waals surface area contributed by atoms with Gasteiger partial charge in [0.15, 0.2) is 0 Å². The molecule has 0 aliphatic heterocycles. The van der Waals surface area contributed by atoms with Crippen LogP contribution < -0.4 is 0 Å². The summed E-state index contributed by atoms with van der Waals surface area (Å²) in [5.41, 5.74) is 1.84. The quantitative estimate of drug-likeness (QED) is 0.501. The summed E-state index contributed by atoms with van der Waals surface area (Å²) in [6, 6.07) is 19.0. The van der Waals surface area contributed by atoms with Crippen molar-refractivity contribution in [1.29, 1.82) is 0 Å². The molecule has 0 saturated heterocycles. The highest BCUT2D eigenvalue weighted by molar-refractivity contribution is 5.94. The van der Waals surface area contributed by atoms with Crippen LogP contribution in [0.4, 0.5) is 0 Å². The van der Waals surface area contributed by atoms with E-state index >= 15 is 0 Å². The fourth-order valence-corrected chi connectivity index (χ4v) is 1.95. The van der Waals surface area contributed by atoms with E-state index in [4.69, 9.17) is 4.74 Å². The van der Waals surface area contributed by atoms with Crippen LogP contribution in [0.5, 0.6) is 0 Å². The van der Waals surface area contributed by atoms with Gasteiger partial charge >= 0.3 is 0 Å². The van der Waals surface area contributed by atoms with Gasteiger partial charge in [-0.2, -0.15) is 0 Å². The lowest BCUT2D eigenvalue weighted by molar-refractivity contribution is 0.264. The summed E-state index contributed by atoms with van der Waals surface area (Å²) >= 11 is 0. The van der Waals surface area contributed by atoms with Gasteiger partial charge in [0.25, 0.3) is 0 Å². The fraction of sp³-hybridized carbons (Fsp3) is 0.167. The van der Waals surface area contributed by atoms with Crippen molar-refractivity contribution in [3.8, 4) is 0 Å². The maximum absolute atomic E-state index is 9.62. The molecule has 0 saturated carbocycles. The summed E-state index contributed by atoms with van der Waals surface area (Å²) in [5, 5.41) is 9.62. The van der Waals surface area contributed by atoms with Gasteiger partial charge in [0.1, 0.15) is 12.6 Å². The number of rotatable bonds is 6. The van der Waals surface area contributed by atoms with Gasteiger partial charge in [-0.25, -0.2) is 4.99 Å². The predicted octanol–water partition coefficient (Wildman–Crippen LogP) is 3.37. The third-order valence-corrected chi connectivity index (χ3v) is 2.99. The van der Waals surface area contributed by atoms with Crippen molar-refractivity contribution >= 4 is 5.90 Å². The lowest BCUT2D eigenvalue weighted by Gasteiger charge is -2.14. The lowest BCUT2D eigenvalue weighted by Crippen LogP contribution is -2.11. The summed E-state index contributed by atoms with van der Waals surface area (Å²) in [6.07, 6.45) is 1.68. The maximum Gasteiger partial charge on any atom is 0.217 e. The second-order valence-electron chi connectivity index (χ2n) is 4.51. The molecule has 108 valence electrons. The summed E-state index contributed by atoms with van der Waals surface area (Å²) < 4.78 is 5.65. The highest BCUT2D eigenvalue weighted by Crippen LogP contribution is 2.18. The Labute approximate surface area is 125 Å². The largest absolute Gasteiger partial charge is 0.473 e. The molecule has 2 aromatic rings. The Morgan fingerprint density at radius 1 is 1.10 bits per heavy atom. The van der Waals surface area contributed by atoms with E-state index in [0.29, 0.717) is 12.5 Å². The van der Waals surface area contributed by atoms with Gasteiger partial charge in [0, 0.05) is 5.56 Å². The van der Waals surface area contributed by atoms with E-state index in [2.05, 4.69) is 11.6 Å². The smallest absolute Gasteiger partial charge is 0.217 e. The van der Waals surface area contributed by atoms with Crippen LogP contribution in [0.1, 0.15) is 17.2 Å². The average Bonchev–Trinajstić information content (AvgIpc) is 2.57. The number of aliphatic hydroxyl groups excluding tert-OH is 1. The molecule has 3 nitrogen and oxygen atoms in total. The van der Waals surface area contributed by atoms with Crippen molar-refractivity contribution < 1.29 is 9.84 Å². The van der Waals surface area contributed by atoms with Crippen molar-refractivity contribution in [3.05, 3.63) is 84.4 Å². The molecular formula is C18H19NO2. The zero-order chi connectivity index (χ0) is 14.9. The first-order chi connectivity index (χ1) is 10.3. The molecule has 1 N–H and O–H groups in total. The van der Waals surface area contributed by atoms with E-state index in [0.717, 1.165) is 11.1 Å². The van der Waals surface area contributed by atoms with Crippen molar-refractivity contribution in [3.63, 3.8) is 0 Å². The molecule has 0 amide bonds. The first-order valence-corrected chi connectivity index (χ1v) is 6.88. The van der Waals surface area contributed by atoms with Crippen LogP contribution in [0, 0.1) is 0 Å². The van der Waals surface area contributed by atoms with Crippen LogP contribution in [0.25, 0.3) is 0 Å². The molecule has 0 aliphatic rings. The molecule has 3 heteroatoms. The topological polar surface area (TPSA) is 41.8 Å². The Hall–Kier alpha value is -2.39. The van der Waals surface area contributed by atoms with Crippen LogP contribution in [0.2, 0.25) is 0 Å². The minimum absolute atomic E-state index is 0.0716. The van der Waals surface area contributed by atoms with Gasteiger partial charge in [-0.15, -0.1) is 0 Å². The average molecular weight is 281 g/mol. The van der Waals surface area contributed by atoms with Crippen LogP contribution in [0.15, 0.2) is 78.3 Å². The Kier molecular flexibility index (Phi) is 5.73. The van der Waals surface area contributed by atoms with Gasteiger partial charge in [-0.1, -0.05) is 61.2 Å². The minimum atomic E-state index is -0.341. The first kappa shape index (κ1) is 15.0. The monoisotopic (exact) mass is 281 g/mol. The third-order valence-electron chi connectivity index (χ3n) is 2.99. The fourth-order valence-electron chi connectivity index (χ4n) is 1.95. The Morgan fingerprint density at radius 2 is 1.71 bits per heavy atom. The predicted molar refractivity (Wildman–Crippen MR) is 85.4 cm³/mol. The Balaban J connectivity index is 2.32. The van der Waals surface area contributed by atoms with Crippen LogP contribution >= 0.6 is 0 Å². The minimum Gasteiger partial charge on any atom is -0.473 e. The molecule has 2 aromatic carbocycles. The number of aliphatic hydroxyl groups is 1. The summed E-state index contributed by atoms with van der Waals surface area (Å²) in [6.45, 7) is 3.96. The van der Waals surface area contributed by atoms with Crippen molar-refractivity contribution in [2.45, 2.75) is 6.04 Å². The van der Waals surface area contributed by atoms with Gasteiger partial charge in [0.2, 0.25) is 5.90 Å². The number of benzene rings is 2. The molecule has 0 radical (unpaired) electrons. The van der Waals surface area contributed by atoms with Crippen molar-refractivity contribution in [2.75, 3.05) is 13.2 Å². The second kappa shape index (κ2) is 8.02. The van der Waals surface area contributed by atoms with Gasteiger partial charge in [-0.3, -0.25) is 0 Å². The van der Waals surface area contributed by atoms with E-state index in [1.54, 1.807) is 6.08 Å². The molecular weight excluding hydrogens is 262 g/mol. The number of hydrogen-bond acceptors (Lipinski definition) is 3.